The van der Waals surface area contributed by atoms with Crippen LogP contribution in [0.4, 0.5) is 29.1 Å². The van der Waals surface area contributed by atoms with Gasteiger partial charge in [0.15, 0.2) is 11.3 Å². The molecule has 1 N–H and O–H groups in total. The van der Waals surface area contributed by atoms with Gasteiger partial charge in [0.25, 0.3) is 0 Å². The average Bonchev–Trinajstić information content (AvgIpc) is 3.01. The van der Waals surface area contributed by atoms with Crippen molar-refractivity contribution < 1.29 is 36.3 Å². The average molecular weight is 608 g/mol. The number of carbonyl (C=O) groups excluding carboxylic acids is 2. The monoisotopic (exact) mass is 607 g/mol. The summed E-state index contributed by atoms with van der Waals surface area (Å²) in [5.41, 5.74) is 0.179. The molecular weight excluding hydrogens is 582 g/mol. The van der Waals surface area contributed by atoms with E-state index in [9.17, 15) is 37.2 Å². The van der Waals surface area contributed by atoms with Crippen molar-refractivity contribution in [3.8, 4) is 6.07 Å². The molecule has 0 bridgehead atoms. The van der Waals surface area contributed by atoms with Gasteiger partial charge in [0, 0.05) is 30.4 Å². The first-order valence-corrected chi connectivity index (χ1v) is 13.6. The Bertz CT molecular complexity index is 1820. The maximum atomic E-state index is 13.5. The highest BCUT2D eigenvalue weighted by atomic mass is 19.4. The van der Waals surface area contributed by atoms with Gasteiger partial charge in [0.1, 0.15) is 11.4 Å². The van der Waals surface area contributed by atoms with Crippen molar-refractivity contribution in [3.05, 3.63) is 106 Å². The SMILES string of the molecule is CC(Nc1ccccc1C(=O)OC(=O)C(F)(F)F)c1cccc2c(=O)cc(N3CCC(C#N)(c4ccc(F)cc4)CC3)oc12. The maximum absolute atomic E-state index is 13.5. The van der Waals surface area contributed by atoms with Crippen LogP contribution < -0.4 is 15.6 Å². The number of ether oxygens (including phenoxy) is 1. The van der Waals surface area contributed by atoms with E-state index in [1.807, 2.05) is 4.90 Å². The third-order valence-electron chi connectivity index (χ3n) is 7.71. The number of hydrogen-bond acceptors (Lipinski definition) is 8. The Balaban J connectivity index is 1.41. The maximum Gasteiger partial charge on any atom is 0.491 e. The van der Waals surface area contributed by atoms with Gasteiger partial charge < -0.3 is 19.4 Å². The fourth-order valence-corrected chi connectivity index (χ4v) is 5.32. The number of halogens is 4. The predicted molar refractivity (Wildman–Crippen MR) is 153 cm³/mol. The number of benzene rings is 3. The Morgan fingerprint density at radius 2 is 1.73 bits per heavy atom. The molecule has 12 heteroatoms. The lowest BCUT2D eigenvalue weighted by Crippen LogP contribution is -2.42. The minimum absolute atomic E-state index is 0.0974. The Morgan fingerprint density at radius 3 is 2.39 bits per heavy atom. The standard InChI is InChI=1S/C32H25F4N3O5/c1-19(38-25-8-3-2-5-23(25)29(41)44-30(42)32(34,35)36)22-6-4-7-24-26(40)17-27(43-28(22)24)39-15-13-31(18-37,14-16-39)20-9-11-21(33)12-10-20/h2-12,17,19,38H,13-16H2,1H3. The molecular formula is C32H25F4N3O5. The summed E-state index contributed by atoms with van der Waals surface area (Å²) in [6.07, 6.45) is -4.50. The van der Waals surface area contributed by atoms with Crippen molar-refractivity contribution in [2.75, 3.05) is 23.3 Å². The van der Waals surface area contributed by atoms with Crippen molar-refractivity contribution in [2.45, 2.75) is 37.4 Å². The number of rotatable bonds is 6. The molecule has 0 amide bonds. The van der Waals surface area contributed by atoms with E-state index in [0.29, 0.717) is 37.4 Å². The molecule has 44 heavy (non-hydrogen) atoms. The van der Waals surface area contributed by atoms with Gasteiger partial charge in [-0.1, -0.05) is 36.4 Å². The van der Waals surface area contributed by atoms with Gasteiger partial charge in [0.05, 0.1) is 28.5 Å². The Kier molecular flexibility index (Phi) is 8.15. The van der Waals surface area contributed by atoms with Crippen LogP contribution in [0.15, 0.2) is 82.0 Å². The van der Waals surface area contributed by atoms with Crippen LogP contribution >= 0.6 is 0 Å². The van der Waals surface area contributed by atoms with Gasteiger partial charge in [0.2, 0.25) is 0 Å². The summed E-state index contributed by atoms with van der Waals surface area (Å²) >= 11 is 0. The third-order valence-corrected chi connectivity index (χ3v) is 7.71. The van der Waals surface area contributed by atoms with Crippen molar-refractivity contribution in [1.29, 1.82) is 5.26 Å². The van der Waals surface area contributed by atoms with Gasteiger partial charge >= 0.3 is 18.1 Å². The molecule has 2 heterocycles. The second-order valence-electron chi connectivity index (χ2n) is 10.4. The molecule has 1 unspecified atom stereocenters. The summed E-state index contributed by atoms with van der Waals surface area (Å²) in [4.78, 5) is 38.6. The second kappa shape index (κ2) is 11.8. The zero-order valence-corrected chi connectivity index (χ0v) is 23.3. The zero-order valence-electron chi connectivity index (χ0n) is 23.3. The number of para-hydroxylation sites is 2. The molecule has 0 saturated carbocycles. The number of alkyl halides is 3. The van der Waals surface area contributed by atoms with Crippen LogP contribution in [0.2, 0.25) is 0 Å². The van der Waals surface area contributed by atoms with E-state index in [1.165, 1.54) is 36.4 Å². The van der Waals surface area contributed by atoms with Gasteiger partial charge in [-0.25, -0.2) is 14.0 Å². The lowest BCUT2D eigenvalue weighted by Gasteiger charge is -2.37. The van der Waals surface area contributed by atoms with E-state index in [1.54, 1.807) is 43.3 Å². The highest BCUT2D eigenvalue weighted by molar-refractivity contribution is 6.02. The molecule has 1 aliphatic heterocycles. The Labute approximate surface area is 248 Å². The van der Waals surface area contributed by atoms with Crippen molar-refractivity contribution in [2.24, 2.45) is 0 Å². The van der Waals surface area contributed by atoms with Crippen molar-refractivity contribution in [3.63, 3.8) is 0 Å². The van der Waals surface area contributed by atoms with Crippen LogP contribution in [0.25, 0.3) is 11.0 Å². The topological polar surface area (TPSA) is 113 Å². The van der Waals surface area contributed by atoms with E-state index >= 15 is 0 Å². The molecule has 0 spiro atoms. The number of esters is 2. The molecule has 5 rings (SSSR count). The first-order chi connectivity index (χ1) is 20.9. The van der Waals surface area contributed by atoms with Crippen LogP contribution in [-0.4, -0.2) is 31.2 Å². The molecule has 1 aliphatic rings. The second-order valence-corrected chi connectivity index (χ2v) is 10.4. The largest absolute Gasteiger partial charge is 0.491 e. The van der Waals surface area contributed by atoms with E-state index < -0.39 is 35.4 Å². The summed E-state index contributed by atoms with van der Waals surface area (Å²) in [6.45, 7) is 2.48. The van der Waals surface area contributed by atoms with Crippen LogP contribution in [0.3, 0.4) is 0 Å². The minimum Gasteiger partial charge on any atom is -0.440 e. The fourth-order valence-electron chi connectivity index (χ4n) is 5.32. The van der Waals surface area contributed by atoms with E-state index in [-0.39, 0.29) is 27.6 Å². The molecule has 3 aromatic carbocycles. The van der Waals surface area contributed by atoms with Crippen LogP contribution in [0.5, 0.6) is 0 Å². The molecule has 0 aliphatic carbocycles. The zero-order chi connectivity index (χ0) is 31.6. The fraction of sp³-hybridized carbons (Fsp3) is 0.250. The lowest BCUT2D eigenvalue weighted by molar-refractivity contribution is -0.193. The quantitative estimate of drug-likeness (QED) is 0.152. The van der Waals surface area contributed by atoms with Gasteiger partial charge in [-0.15, -0.1) is 0 Å². The molecule has 0 radical (unpaired) electrons. The number of hydrogen-bond donors (Lipinski definition) is 1. The number of nitrogens with one attached hydrogen (secondary N) is 1. The van der Waals surface area contributed by atoms with Gasteiger partial charge in [-0.05, 0) is 55.7 Å². The molecule has 1 saturated heterocycles. The third kappa shape index (κ3) is 5.99. The predicted octanol–water partition coefficient (Wildman–Crippen LogP) is 6.41. The van der Waals surface area contributed by atoms with Crippen molar-refractivity contribution >= 4 is 34.5 Å². The Morgan fingerprint density at radius 1 is 1.05 bits per heavy atom. The lowest BCUT2D eigenvalue weighted by atomic mass is 9.74. The van der Waals surface area contributed by atoms with Crippen LogP contribution in [0, 0.1) is 17.1 Å². The molecule has 226 valence electrons. The number of nitriles is 1. The number of piperidine rings is 1. The highest BCUT2D eigenvalue weighted by Crippen LogP contribution is 2.37. The molecule has 1 fully saturated rings. The summed E-state index contributed by atoms with van der Waals surface area (Å²) in [5.74, 6) is -4.20. The van der Waals surface area contributed by atoms with E-state index in [2.05, 4.69) is 16.1 Å². The normalized spacial score (nSPS) is 15.3. The number of anilines is 2. The minimum atomic E-state index is -5.34. The summed E-state index contributed by atoms with van der Waals surface area (Å²) < 4.78 is 61.7. The number of fused-ring (bicyclic) bond motifs is 1. The van der Waals surface area contributed by atoms with E-state index in [0.717, 1.165) is 5.56 Å². The van der Waals surface area contributed by atoms with Gasteiger partial charge in [-0.3, -0.25) is 4.79 Å². The summed E-state index contributed by atoms with van der Waals surface area (Å²) in [6, 6.07) is 19.6. The van der Waals surface area contributed by atoms with Crippen LogP contribution in [0.1, 0.15) is 47.3 Å². The summed E-state index contributed by atoms with van der Waals surface area (Å²) in [5, 5.41) is 13.3. The van der Waals surface area contributed by atoms with E-state index in [4.69, 9.17) is 4.42 Å². The smallest absolute Gasteiger partial charge is 0.440 e. The summed E-state index contributed by atoms with van der Waals surface area (Å²) in [7, 11) is 0. The number of nitrogens with zero attached hydrogens (tertiary/aromatic N) is 2. The first kappa shape index (κ1) is 30.3. The first-order valence-electron chi connectivity index (χ1n) is 13.6. The molecule has 1 aromatic heterocycles. The van der Waals surface area contributed by atoms with Crippen molar-refractivity contribution in [1.82, 2.24) is 0 Å². The number of carbonyl (C=O) groups is 2. The van der Waals surface area contributed by atoms with Crippen LogP contribution in [-0.2, 0) is 14.9 Å². The molecule has 8 nitrogen and oxygen atoms in total. The molecule has 1 atom stereocenters. The molecule has 4 aromatic rings. The Hall–Kier alpha value is -5.18. The van der Waals surface area contributed by atoms with Gasteiger partial charge in [-0.2, -0.15) is 18.4 Å². The highest BCUT2D eigenvalue weighted by Gasteiger charge is 2.43.